The van der Waals surface area contributed by atoms with Crippen molar-refractivity contribution in [2.24, 2.45) is 0 Å². The number of hydrogen-bond donors (Lipinski definition) is 0. The van der Waals surface area contributed by atoms with E-state index in [0.717, 1.165) is 9.32 Å². The van der Waals surface area contributed by atoms with Crippen LogP contribution in [0.2, 0.25) is 0 Å². The molecule has 0 aliphatic heterocycles. The molecule has 1 aromatic carbocycles. The number of nitrogens with zero attached hydrogens (tertiary/aromatic N) is 3. The molecule has 4 nitrogen and oxygen atoms in total. The highest BCUT2D eigenvalue weighted by atomic mass is 127. The lowest BCUT2D eigenvalue weighted by Gasteiger charge is -2.08. The predicted octanol–water partition coefficient (Wildman–Crippen LogP) is 2.27. The van der Waals surface area contributed by atoms with Gasteiger partial charge in [0.1, 0.15) is 25.0 Å². The van der Waals surface area contributed by atoms with Gasteiger partial charge in [0.05, 0.1) is 10.1 Å². The minimum Gasteiger partial charge on any atom is -0.491 e. The summed E-state index contributed by atoms with van der Waals surface area (Å²) in [5.74, 6) is 0.923. The molecule has 0 aliphatic rings. The molecule has 0 fully saturated rings. The number of benzene rings is 1. The number of aromatic nitrogens is 3. The van der Waals surface area contributed by atoms with Crippen LogP contribution in [0.5, 0.6) is 5.75 Å². The van der Waals surface area contributed by atoms with Crippen LogP contribution in [0, 0.1) is 10.5 Å². The van der Waals surface area contributed by atoms with E-state index in [1.54, 1.807) is 11.0 Å². The summed E-state index contributed by atoms with van der Waals surface area (Å²) in [5, 5.41) is 4.01. The topological polar surface area (TPSA) is 39.9 Å². The molecule has 84 valence electrons. The van der Waals surface area contributed by atoms with Crippen LogP contribution in [0.1, 0.15) is 5.56 Å². The molecule has 0 bridgehead atoms. The summed E-state index contributed by atoms with van der Waals surface area (Å²) >= 11 is 2.28. The Labute approximate surface area is 108 Å². The highest BCUT2D eigenvalue weighted by Crippen LogP contribution is 2.21. The van der Waals surface area contributed by atoms with Crippen molar-refractivity contribution in [3.05, 3.63) is 40.0 Å². The first-order chi connectivity index (χ1) is 7.75. The van der Waals surface area contributed by atoms with Gasteiger partial charge in [0.25, 0.3) is 0 Å². The monoisotopic (exact) mass is 329 g/mol. The van der Waals surface area contributed by atoms with Gasteiger partial charge >= 0.3 is 0 Å². The zero-order valence-corrected chi connectivity index (χ0v) is 11.1. The van der Waals surface area contributed by atoms with Crippen LogP contribution in [0.25, 0.3) is 0 Å². The second kappa shape index (κ2) is 5.29. The molecular weight excluding hydrogens is 317 g/mol. The Morgan fingerprint density at radius 3 is 3.00 bits per heavy atom. The van der Waals surface area contributed by atoms with Crippen molar-refractivity contribution in [1.29, 1.82) is 0 Å². The van der Waals surface area contributed by atoms with Crippen LogP contribution in [0.4, 0.5) is 0 Å². The van der Waals surface area contributed by atoms with E-state index >= 15 is 0 Å². The first-order valence-corrected chi connectivity index (χ1v) is 6.05. The molecule has 0 spiro atoms. The zero-order chi connectivity index (χ0) is 11.4. The number of hydrogen-bond acceptors (Lipinski definition) is 3. The summed E-state index contributed by atoms with van der Waals surface area (Å²) in [6.45, 7) is 3.38. The molecule has 2 aromatic rings. The van der Waals surface area contributed by atoms with E-state index in [9.17, 15) is 0 Å². The molecule has 0 amide bonds. The highest BCUT2D eigenvalue weighted by Gasteiger charge is 2.00. The van der Waals surface area contributed by atoms with Gasteiger partial charge < -0.3 is 4.74 Å². The molecule has 0 saturated heterocycles. The summed E-state index contributed by atoms with van der Waals surface area (Å²) in [7, 11) is 0. The average molecular weight is 329 g/mol. The molecule has 5 heteroatoms. The van der Waals surface area contributed by atoms with E-state index < -0.39 is 0 Å². The maximum absolute atomic E-state index is 5.67. The first-order valence-electron chi connectivity index (χ1n) is 4.97. The van der Waals surface area contributed by atoms with Gasteiger partial charge in [-0.25, -0.2) is 9.67 Å². The van der Waals surface area contributed by atoms with E-state index in [1.807, 2.05) is 12.1 Å². The van der Waals surface area contributed by atoms with E-state index in [1.165, 1.54) is 11.9 Å². The van der Waals surface area contributed by atoms with Crippen molar-refractivity contribution in [3.63, 3.8) is 0 Å². The number of ether oxygens (including phenoxy) is 1. The summed E-state index contributed by atoms with van der Waals surface area (Å²) in [6, 6.07) is 6.15. The lowest BCUT2D eigenvalue weighted by atomic mass is 10.2. The predicted molar refractivity (Wildman–Crippen MR) is 69.4 cm³/mol. The maximum atomic E-state index is 5.67. The van der Waals surface area contributed by atoms with Crippen molar-refractivity contribution >= 4 is 22.6 Å². The Bertz CT molecular complexity index is 456. The van der Waals surface area contributed by atoms with Crippen molar-refractivity contribution in [1.82, 2.24) is 14.8 Å². The fourth-order valence-corrected chi connectivity index (χ4v) is 2.15. The Morgan fingerprint density at radius 2 is 2.31 bits per heavy atom. The Kier molecular flexibility index (Phi) is 3.76. The van der Waals surface area contributed by atoms with Gasteiger partial charge in [-0.05, 0) is 47.2 Å². The minimum absolute atomic E-state index is 0.600. The second-order valence-electron chi connectivity index (χ2n) is 3.44. The van der Waals surface area contributed by atoms with E-state index in [4.69, 9.17) is 4.74 Å². The first kappa shape index (κ1) is 11.4. The molecule has 0 atom stereocenters. The summed E-state index contributed by atoms with van der Waals surface area (Å²) < 4.78 is 8.56. The quantitative estimate of drug-likeness (QED) is 0.808. The third kappa shape index (κ3) is 2.94. The normalized spacial score (nSPS) is 10.4. The standard InChI is InChI=1S/C11H12IN3O/c1-9-2-3-11(10(12)6-9)16-5-4-15-8-13-7-14-15/h2-3,6-8H,4-5H2,1H3. The van der Waals surface area contributed by atoms with Crippen LogP contribution in [-0.2, 0) is 6.54 Å². The Morgan fingerprint density at radius 1 is 1.44 bits per heavy atom. The molecule has 0 aliphatic carbocycles. The van der Waals surface area contributed by atoms with Crippen molar-refractivity contribution in [3.8, 4) is 5.75 Å². The third-order valence-corrected chi connectivity index (χ3v) is 2.97. The molecule has 16 heavy (non-hydrogen) atoms. The molecule has 0 N–H and O–H groups in total. The van der Waals surface area contributed by atoms with Crippen molar-refractivity contribution in [2.45, 2.75) is 13.5 Å². The van der Waals surface area contributed by atoms with E-state index in [2.05, 4.69) is 45.7 Å². The number of rotatable bonds is 4. The molecule has 2 rings (SSSR count). The highest BCUT2D eigenvalue weighted by molar-refractivity contribution is 14.1. The number of halogens is 1. The van der Waals surface area contributed by atoms with Gasteiger partial charge in [0.15, 0.2) is 0 Å². The van der Waals surface area contributed by atoms with Crippen LogP contribution < -0.4 is 4.74 Å². The fourth-order valence-electron chi connectivity index (χ4n) is 1.32. The summed E-state index contributed by atoms with van der Waals surface area (Å²) in [5.41, 5.74) is 1.24. The lowest BCUT2D eigenvalue weighted by molar-refractivity contribution is 0.289. The van der Waals surface area contributed by atoms with Crippen LogP contribution >= 0.6 is 22.6 Å². The minimum atomic E-state index is 0.600. The lowest BCUT2D eigenvalue weighted by Crippen LogP contribution is -2.09. The van der Waals surface area contributed by atoms with Crippen LogP contribution in [-0.4, -0.2) is 21.4 Å². The molecular formula is C11H12IN3O. The fraction of sp³-hybridized carbons (Fsp3) is 0.273. The second-order valence-corrected chi connectivity index (χ2v) is 4.60. The molecule has 0 radical (unpaired) electrons. The van der Waals surface area contributed by atoms with Gasteiger partial charge in [-0.3, -0.25) is 0 Å². The van der Waals surface area contributed by atoms with E-state index in [-0.39, 0.29) is 0 Å². The van der Waals surface area contributed by atoms with Gasteiger partial charge in [-0.2, -0.15) is 5.10 Å². The largest absolute Gasteiger partial charge is 0.491 e. The Hall–Kier alpha value is -1.11. The maximum Gasteiger partial charge on any atom is 0.137 e. The average Bonchev–Trinajstić information content (AvgIpc) is 2.74. The molecule has 1 aromatic heterocycles. The van der Waals surface area contributed by atoms with Crippen LogP contribution in [0.15, 0.2) is 30.9 Å². The molecule has 1 heterocycles. The third-order valence-electron chi connectivity index (χ3n) is 2.13. The summed E-state index contributed by atoms with van der Waals surface area (Å²) in [4.78, 5) is 3.87. The van der Waals surface area contributed by atoms with Gasteiger partial charge in [0.2, 0.25) is 0 Å². The van der Waals surface area contributed by atoms with E-state index in [0.29, 0.717) is 13.2 Å². The molecule has 0 unspecified atom stereocenters. The van der Waals surface area contributed by atoms with Crippen LogP contribution in [0.3, 0.4) is 0 Å². The summed E-state index contributed by atoms with van der Waals surface area (Å²) in [6.07, 6.45) is 3.21. The SMILES string of the molecule is Cc1ccc(OCCn2cncn2)c(I)c1. The van der Waals surface area contributed by atoms with Gasteiger partial charge in [-0.1, -0.05) is 6.07 Å². The molecule has 0 saturated carbocycles. The van der Waals surface area contributed by atoms with Gasteiger partial charge in [-0.15, -0.1) is 0 Å². The smallest absolute Gasteiger partial charge is 0.137 e. The zero-order valence-electron chi connectivity index (χ0n) is 8.93. The van der Waals surface area contributed by atoms with Gasteiger partial charge in [0, 0.05) is 0 Å². The Balaban J connectivity index is 1.90. The number of aryl methyl sites for hydroxylation is 1. The van der Waals surface area contributed by atoms with Crippen molar-refractivity contribution < 1.29 is 4.74 Å². The van der Waals surface area contributed by atoms with Crippen molar-refractivity contribution in [2.75, 3.05) is 6.61 Å².